The summed E-state index contributed by atoms with van der Waals surface area (Å²) in [6.07, 6.45) is 1.96. The van der Waals surface area contributed by atoms with Gasteiger partial charge in [0.05, 0.1) is 21.1 Å². The number of fused-ring (bicyclic) bond motifs is 3. The van der Waals surface area contributed by atoms with Gasteiger partial charge in [0.15, 0.2) is 0 Å². The normalized spacial score (nSPS) is 28.1. The molecule has 0 aliphatic carbocycles. The SMILES string of the molecule is CC1=C(C(=O)O)C(c2cccc([N+](=O)[O-])c2)C([N+](=O)[O-])=C(C)N1C1CN2CCC1CC2. The summed E-state index contributed by atoms with van der Waals surface area (Å²) in [6.45, 7) is 6.06. The minimum Gasteiger partial charge on any atom is -0.478 e. The molecule has 1 N–H and O–H groups in total. The number of hydrogen-bond donors (Lipinski definition) is 1. The van der Waals surface area contributed by atoms with Crippen LogP contribution in [0.3, 0.4) is 0 Å². The Labute approximate surface area is 178 Å². The highest BCUT2D eigenvalue weighted by Gasteiger charge is 2.47. The maximum absolute atomic E-state index is 12.4. The second-order valence-electron chi connectivity index (χ2n) is 8.39. The van der Waals surface area contributed by atoms with E-state index in [-0.39, 0.29) is 28.6 Å². The second-order valence-corrected chi connectivity index (χ2v) is 8.39. The maximum atomic E-state index is 12.4. The molecule has 1 aromatic carbocycles. The quantitative estimate of drug-likeness (QED) is 0.560. The zero-order chi connectivity index (χ0) is 22.4. The monoisotopic (exact) mass is 428 g/mol. The van der Waals surface area contributed by atoms with Crippen LogP contribution in [-0.2, 0) is 4.79 Å². The van der Waals surface area contributed by atoms with E-state index < -0.39 is 21.7 Å². The van der Waals surface area contributed by atoms with Gasteiger partial charge in [0.25, 0.3) is 11.4 Å². The Balaban J connectivity index is 1.89. The fraction of sp³-hybridized carbons (Fsp3) is 0.476. The van der Waals surface area contributed by atoms with Crippen molar-refractivity contribution < 1.29 is 19.7 Å². The predicted molar refractivity (Wildman–Crippen MR) is 111 cm³/mol. The molecule has 2 unspecified atom stereocenters. The number of carboxylic acids is 1. The van der Waals surface area contributed by atoms with Crippen molar-refractivity contribution in [3.63, 3.8) is 0 Å². The first kappa shape index (κ1) is 21.0. The van der Waals surface area contributed by atoms with Crippen molar-refractivity contribution in [2.75, 3.05) is 19.6 Å². The number of allylic oxidation sites excluding steroid dienone is 3. The van der Waals surface area contributed by atoms with Crippen LogP contribution in [0, 0.1) is 26.1 Å². The van der Waals surface area contributed by atoms with E-state index in [2.05, 4.69) is 4.90 Å². The lowest BCUT2D eigenvalue weighted by Gasteiger charge is -2.51. The molecule has 0 amide bonds. The van der Waals surface area contributed by atoms with Gasteiger partial charge in [-0.3, -0.25) is 20.2 Å². The van der Waals surface area contributed by atoms with E-state index in [1.165, 1.54) is 24.3 Å². The molecule has 164 valence electrons. The van der Waals surface area contributed by atoms with E-state index in [0.717, 1.165) is 32.5 Å². The average molecular weight is 428 g/mol. The van der Waals surface area contributed by atoms with Crippen LogP contribution in [0.2, 0.25) is 0 Å². The molecule has 0 spiro atoms. The maximum Gasteiger partial charge on any atom is 0.334 e. The third-order valence-electron chi connectivity index (χ3n) is 6.84. The molecule has 10 heteroatoms. The lowest BCUT2D eigenvalue weighted by Crippen LogP contribution is -2.57. The predicted octanol–water partition coefficient (Wildman–Crippen LogP) is 2.96. The Morgan fingerprint density at radius 3 is 2.29 bits per heavy atom. The number of aliphatic carboxylic acids is 1. The molecule has 10 nitrogen and oxygen atoms in total. The van der Waals surface area contributed by atoms with Crippen LogP contribution >= 0.6 is 0 Å². The van der Waals surface area contributed by atoms with Crippen molar-refractivity contribution in [2.45, 2.75) is 38.6 Å². The van der Waals surface area contributed by atoms with Gasteiger partial charge in [-0.2, -0.15) is 0 Å². The Hall–Kier alpha value is -3.27. The zero-order valence-electron chi connectivity index (χ0n) is 17.4. The summed E-state index contributed by atoms with van der Waals surface area (Å²) in [5, 5.41) is 33.5. The lowest BCUT2D eigenvalue weighted by atomic mass is 9.79. The van der Waals surface area contributed by atoms with E-state index in [1.54, 1.807) is 13.8 Å². The van der Waals surface area contributed by atoms with Crippen LogP contribution in [0.1, 0.15) is 38.2 Å². The van der Waals surface area contributed by atoms with Crippen molar-refractivity contribution in [1.82, 2.24) is 9.80 Å². The van der Waals surface area contributed by atoms with Gasteiger partial charge in [0.2, 0.25) is 0 Å². The van der Waals surface area contributed by atoms with Crippen molar-refractivity contribution in [3.8, 4) is 0 Å². The summed E-state index contributed by atoms with van der Waals surface area (Å²) in [7, 11) is 0. The lowest BCUT2D eigenvalue weighted by molar-refractivity contribution is -0.432. The van der Waals surface area contributed by atoms with Crippen LogP contribution in [0.25, 0.3) is 0 Å². The smallest absolute Gasteiger partial charge is 0.334 e. The van der Waals surface area contributed by atoms with Crippen molar-refractivity contribution in [2.24, 2.45) is 5.92 Å². The number of carbonyl (C=O) groups is 1. The zero-order valence-corrected chi connectivity index (χ0v) is 17.4. The molecule has 4 heterocycles. The number of non-ortho nitro benzene ring substituents is 1. The summed E-state index contributed by atoms with van der Waals surface area (Å²) in [6, 6.07) is 5.41. The highest BCUT2D eigenvalue weighted by Crippen LogP contribution is 2.45. The number of nitro benzene ring substituents is 1. The minimum absolute atomic E-state index is 0.0298. The Bertz CT molecular complexity index is 986. The molecular weight excluding hydrogens is 404 g/mol. The van der Waals surface area contributed by atoms with Gasteiger partial charge in [-0.15, -0.1) is 0 Å². The molecule has 31 heavy (non-hydrogen) atoms. The molecular formula is C21H24N4O6. The topological polar surface area (TPSA) is 130 Å². The van der Waals surface area contributed by atoms with Gasteiger partial charge in [0.1, 0.15) is 5.92 Å². The molecule has 5 rings (SSSR count). The molecule has 3 fully saturated rings. The van der Waals surface area contributed by atoms with Gasteiger partial charge in [-0.1, -0.05) is 12.1 Å². The number of benzene rings is 1. The van der Waals surface area contributed by atoms with Gasteiger partial charge >= 0.3 is 5.97 Å². The van der Waals surface area contributed by atoms with Crippen LogP contribution in [0.5, 0.6) is 0 Å². The van der Waals surface area contributed by atoms with E-state index in [0.29, 0.717) is 17.3 Å². The van der Waals surface area contributed by atoms with Crippen LogP contribution in [-0.4, -0.2) is 56.4 Å². The summed E-state index contributed by atoms with van der Waals surface area (Å²) < 4.78 is 0. The standard InChI is InChI=1S/C21H24N4O6/c1-12-18(21(26)27)19(15-4-3-5-16(10-15)24(28)29)20(25(30)31)13(2)23(12)17-11-22-8-6-14(17)7-9-22/h3-5,10,14,17,19H,6-9,11H2,1-2H3,(H,26,27). The first-order valence-corrected chi connectivity index (χ1v) is 10.3. The third kappa shape index (κ3) is 3.46. The molecule has 4 aliphatic heterocycles. The van der Waals surface area contributed by atoms with Crippen LogP contribution in [0.15, 0.2) is 46.9 Å². The Morgan fingerprint density at radius 2 is 1.77 bits per heavy atom. The number of nitro groups is 2. The summed E-state index contributed by atoms with van der Waals surface area (Å²) in [4.78, 5) is 38.8. The molecule has 4 aliphatic rings. The number of carboxylic acid groups (broad SMARTS) is 1. The van der Waals surface area contributed by atoms with Gasteiger partial charge < -0.3 is 14.9 Å². The highest BCUT2D eigenvalue weighted by atomic mass is 16.6. The van der Waals surface area contributed by atoms with Crippen LogP contribution in [0.4, 0.5) is 5.69 Å². The Kier molecular flexibility index (Phi) is 5.26. The van der Waals surface area contributed by atoms with E-state index in [4.69, 9.17) is 0 Å². The van der Waals surface area contributed by atoms with Gasteiger partial charge in [-0.25, -0.2) is 4.79 Å². The molecule has 2 bridgehead atoms. The number of nitrogens with zero attached hydrogens (tertiary/aromatic N) is 4. The number of hydrogen-bond acceptors (Lipinski definition) is 7. The van der Waals surface area contributed by atoms with Crippen molar-refractivity contribution in [1.29, 1.82) is 0 Å². The van der Waals surface area contributed by atoms with E-state index in [1.807, 2.05) is 4.90 Å². The second kappa shape index (κ2) is 7.77. The first-order valence-electron chi connectivity index (χ1n) is 10.3. The molecule has 0 aromatic heterocycles. The van der Waals surface area contributed by atoms with Crippen molar-refractivity contribution in [3.05, 3.63) is 72.7 Å². The number of piperidine rings is 3. The molecule has 2 atom stereocenters. The highest BCUT2D eigenvalue weighted by molar-refractivity contribution is 5.90. The largest absolute Gasteiger partial charge is 0.478 e. The van der Waals surface area contributed by atoms with E-state index in [9.17, 15) is 30.1 Å². The molecule has 1 aromatic rings. The fourth-order valence-corrected chi connectivity index (χ4v) is 5.44. The Morgan fingerprint density at radius 1 is 1.10 bits per heavy atom. The summed E-state index contributed by atoms with van der Waals surface area (Å²) in [5.41, 5.74) is 0.522. The number of rotatable bonds is 5. The molecule has 0 saturated carbocycles. The van der Waals surface area contributed by atoms with Gasteiger partial charge in [-0.05, 0) is 51.3 Å². The summed E-state index contributed by atoms with van der Waals surface area (Å²) in [5.74, 6) is -2.11. The first-order chi connectivity index (χ1) is 14.7. The molecule has 3 saturated heterocycles. The van der Waals surface area contributed by atoms with Crippen LogP contribution < -0.4 is 0 Å². The molecule has 0 radical (unpaired) electrons. The van der Waals surface area contributed by atoms with E-state index >= 15 is 0 Å². The third-order valence-corrected chi connectivity index (χ3v) is 6.84. The van der Waals surface area contributed by atoms with Gasteiger partial charge in [0, 0.05) is 30.4 Å². The summed E-state index contributed by atoms with van der Waals surface area (Å²) >= 11 is 0. The van der Waals surface area contributed by atoms with Crippen molar-refractivity contribution >= 4 is 11.7 Å². The fourth-order valence-electron chi connectivity index (χ4n) is 5.44. The minimum atomic E-state index is -1.26. The average Bonchev–Trinajstić information content (AvgIpc) is 2.73.